The standard InChI is InChI=1S/C21H19N5O4/c1-2-11-26-21(29)17-6-4-3-5-16(17)19(25-26)20(28)24-23-18(27)13-30-15-9-7-14(12-22)8-10-15/h3-10H,2,11,13H2,1H3,(H,23,27)(H,24,28). The van der Waals surface area contributed by atoms with Gasteiger partial charge in [0.15, 0.2) is 12.3 Å². The number of hydrogen-bond donors (Lipinski definition) is 2. The summed E-state index contributed by atoms with van der Waals surface area (Å²) < 4.78 is 6.55. The van der Waals surface area contributed by atoms with Crippen LogP contribution in [-0.2, 0) is 11.3 Å². The molecule has 1 aromatic heterocycles. The van der Waals surface area contributed by atoms with Gasteiger partial charge in [-0.3, -0.25) is 25.2 Å². The molecule has 30 heavy (non-hydrogen) atoms. The number of benzene rings is 2. The summed E-state index contributed by atoms with van der Waals surface area (Å²) in [4.78, 5) is 37.1. The minimum Gasteiger partial charge on any atom is -0.484 e. The van der Waals surface area contributed by atoms with E-state index < -0.39 is 11.8 Å². The van der Waals surface area contributed by atoms with Crippen molar-refractivity contribution in [3.63, 3.8) is 0 Å². The lowest BCUT2D eigenvalue weighted by atomic mass is 10.1. The lowest BCUT2D eigenvalue weighted by molar-refractivity contribution is -0.123. The fourth-order valence-corrected chi connectivity index (χ4v) is 2.76. The smallest absolute Gasteiger partial charge is 0.290 e. The van der Waals surface area contributed by atoms with Gasteiger partial charge >= 0.3 is 0 Å². The summed E-state index contributed by atoms with van der Waals surface area (Å²) in [5.41, 5.74) is 4.79. The molecule has 2 N–H and O–H groups in total. The first-order valence-electron chi connectivity index (χ1n) is 9.25. The van der Waals surface area contributed by atoms with Crippen LogP contribution < -0.4 is 21.1 Å². The van der Waals surface area contributed by atoms with E-state index in [1.165, 1.54) is 4.68 Å². The Hall–Kier alpha value is -4.19. The van der Waals surface area contributed by atoms with Crippen LogP contribution in [0, 0.1) is 11.3 Å². The van der Waals surface area contributed by atoms with E-state index in [4.69, 9.17) is 10.00 Å². The summed E-state index contributed by atoms with van der Waals surface area (Å²) in [6, 6.07) is 14.9. The van der Waals surface area contributed by atoms with Crippen molar-refractivity contribution in [1.29, 1.82) is 5.26 Å². The summed E-state index contributed by atoms with van der Waals surface area (Å²) in [5, 5.41) is 13.7. The summed E-state index contributed by atoms with van der Waals surface area (Å²) >= 11 is 0. The average Bonchev–Trinajstić information content (AvgIpc) is 2.78. The Morgan fingerprint density at radius 1 is 1.10 bits per heavy atom. The van der Waals surface area contributed by atoms with Gasteiger partial charge in [0.25, 0.3) is 17.4 Å². The largest absolute Gasteiger partial charge is 0.484 e. The third-order valence-corrected chi connectivity index (χ3v) is 4.19. The Balaban J connectivity index is 1.67. The van der Waals surface area contributed by atoms with Crippen molar-refractivity contribution in [3.8, 4) is 11.8 Å². The third kappa shape index (κ3) is 4.62. The van der Waals surface area contributed by atoms with Crippen LogP contribution >= 0.6 is 0 Å². The molecule has 0 saturated carbocycles. The molecule has 0 radical (unpaired) electrons. The van der Waals surface area contributed by atoms with Gasteiger partial charge in [0.05, 0.1) is 17.0 Å². The molecule has 0 saturated heterocycles. The zero-order valence-electron chi connectivity index (χ0n) is 16.2. The third-order valence-electron chi connectivity index (χ3n) is 4.19. The van der Waals surface area contributed by atoms with E-state index in [1.807, 2.05) is 13.0 Å². The predicted octanol–water partition coefficient (Wildman–Crippen LogP) is 1.52. The molecule has 0 bridgehead atoms. The molecule has 0 aliphatic rings. The Morgan fingerprint density at radius 3 is 2.47 bits per heavy atom. The number of carbonyl (C=O) groups is 2. The molecule has 1 heterocycles. The molecule has 0 atom stereocenters. The number of fused-ring (bicyclic) bond motifs is 1. The molecule has 2 aromatic carbocycles. The SMILES string of the molecule is CCCn1nc(C(=O)NNC(=O)COc2ccc(C#N)cc2)c2ccccc2c1=O. The Labute approximate surface area is 171 Å². The van der Waals surface area contributed by atoms with Crippen LogP contribution in [0.2, 0.25) is 0 Å². The van der Waals surface area contributed by atoms with Crippen molar-refractivity contribution >= 4 is 22.6 Å². The van der Waals surface area contributed by atoms with E-state index in [2.05, 4.69) is 16.0 Å². The molecule has 0 fully saturated rings. The van der Waals surface area contributed by atoms with Crippen LogP contribution in [0.4, 0.5) is 0 Å². The molecular weight excluding hydrogens is 386 g/mol. The van der Waals surface area contributed by atoms with Gasteiger partial charge < -0.3 is 4.74 Å². The van der Waals surface area contributed by atoms with Crippen LogP contribution in [0.1, 0.15) is 29.4 Å². The second-order valence-electron chi connectivity index (χ2n) is 6.35. The zero-order chi connectivity index (χ0) is 21.5. The van der Waals surface area contributed by atoms with Gasteiger partial charge in [-0.15, -0.1) is 0 Å². The Kier molecular flexibility index (Phi) is 6.39. The number of ether oxygens (including phenoxy) is 1. The number of aromatic nitrogens is 2. The van der Waals surface area contributed by atoms with Crippen LogP contribution in [0.25, 0.3) is 10.8 Å². The highest BCUT2D eigenvalue weighted by molar-refractivity contribution is 6.05. The van der Waals surface area contributed by atoms with E-state index >= 15 is 0 Å². The second kappa shape index (κ2) is 9.34. The normalized spacial score (nSPS) is 10.3. The van der Waals surface area contributed by atoms with E-state index in [0.29, 0.717) is 35.1 Å². The van der Waals surface area contributed by atoms with Crippen molar-refractivity contribution in [2.75, 3.05) is 6.61 Å². The first-order valence-corrected chi connectivity index (χ1v) is 9.25. The van der Waals surface area contributed by atoms with Crippen molar-refractivity contribution in [3.05, 3.63) is 70.1 Å². The topological polar surface area (TPSA) is 126 Å². The van der Waals surface area contributed by atoms with Crippen molar-refractivity contribution in [2.24, 2.45) is 0 Å². The number of aryl methyl sites for hydroxylation is 1. The maximum atomic E-state index is 12.6. The summed E-state index contributed by atoms with van der Waals surface area (Å²) in [6.45, 7) is 1.93. The van der Waals surface area contributed by atoms with Gasteiger partial charge in [0.2, 0.25) is 0 Å². The molecule has 3 rings (SSSR count). The molecule has 0 aliphatic heterocycles. The summed E-state index contributed by atoms with van der Waals surface area (Å²) in [5.74, 6) is -0.823. The van der Waals surface area contributed by atoms with Gasteiger partial charge in [-0.2, -0.15) is 10.4 Å². The highest BCUT2D eigenvalue weighted by Gasteiger charge is 2.17. The van der Waals surface area contributed by atoms with Crippen LogP contribution in [0.5, 0.6) is 5.75 Å². The van der Waals surface area contributed by atoms with E-state index in [9.17, 15) is 14.4 Å². The van der Waals surface area contributed by atoms with Gasteiger partial charge in [-0.05, 0) is 36.8 Å². The maximum Gasteiger partial charge on any atom is 0.290 e. The van der Waals surface area contributed by atoms with Crippen molar-refractivity contribution in [1.82, 2.24) is 20.6 Å². The lowest BCUT2D eigenvalue weighted by Crippen LogP contribution is -2.44. The quantitative estimate of drug-likeness (QED) is 0.599. The second-order valence-corrected chi connectivity index (χ2v) is 6.35. The number of nitrogens with zero attached hydrogens (tertiary/aromatic N) is 3. The number of hydrazine groups is 1. The number of nitrogens with one attached hydrogen (secondary N) is 2. The minimum atomic E-state index is -0.650. The molecule has 0 aliphatic carbocycles. The van der Waals surface area contributed by atoms with E-state index in [-0.39, 0.29) is 17.9 Å². The van der Waals surface area contributed by atoms with Crippen LogP contribution in [-0.4, -0.2) is 28.2 Å². The molecule has 0 spiro atoms. The predicted molar refractivity (Wildman–Crippen MR) is 109 cm³/mol. The number of rotatable bonds is 6. The van der Waals surface area contributed by atoms with Gasteiger partial charge in [-0.25, -0.2) is 4.68 Å². The molecule has 9 heteroatoms. The molecule has 9 nitrogen and oxygen atoms in total. The fraction of sp³-hybridized carbons (Fsp3) is 0.190. The number of amides is 2. The zero-order valence-corrected chi connectivity index (χ0v) is 16.2. The summed E-state index contributed by atoms with van der Waals surface area (Å²) in [7, 11) is 0. The van der Waals surface area contributed by atoms with E-state index in [0.717, 1.165) is 0 Å². The Bertz CT molecular complexity index is 1180. The monoisotopic (exact) mass is 405 g/mol. The van der Waals surface area contributed by atoms with Crippen molar-refractivity contribution in [2.45, 2.75) is 19.9 Å². The maximum absolute atomic E-state index is 12.6. The summed E-state index contributed by atoms with van der Waals surface area (Å²) in [6.07, 6.45) is 0.676. The number of carbonyl (C=O) groups excluding carboxylic acids is 2. The van der Waals surface area contributed by atoms with Gasteiger partial charge in [0, 0.05) is 11.9 Å². The van der Waals surface area contributed by atoms with Crippen LogP contribution in [0.3, 0.4) is 0 Å². The van der Waals surface area contributed by atoms with Gasteiger partial charge in [0.1, 0.15) is 5.75 Å². The first kappa shape index (κ1) is 20.5. The first-order chi connectivity index (χ1) is 14.5. The highest BCUT2D eigenvalue weighted by Crippen LogP contribution is 2.13. The molecule has 2 amide bonds. The van der Waals surface area contributed by atoms with Crippen molar-refractivity contribution < 1.29 is 14.3 Å². The Morgan fingerprint density at radius 2 is 1.80 bits per heavy atom. The van der Waals surface area contributed by atoms with Gasteiger partial charge in [-0.1, -0.05) is 25.1 Å². The minimum absolute atomic E-state index is 0.0342. The number of nitriles is 1. The van der Waals surface area contributed by atoms with Crippen LogP contribution in [0.15, 0.2) is 53.3 Å². The fourth-order valence-electron chi connectivity index (χ4n) is 2.76. The molecule has 3 aromatic rings. The van der Waals surface area contributed by atoms with E-state index in [1.54, 1.807) is 48.5 Å². The number of hydrogen-bond acceptors (Lipinski definition) is 6. The molecular formula is C21H19N5O4. The lowest BCUT2D eigenvalue weighted by Gasteiger charge is -2.12. The molecule has 0 unspecified atom stereocenters. The molecule has 152 valence electrons. The average molecular weight is 405 g/mol. The highest BCUT2D eigenvalue weighted by atomic mass is 16.5.